The number of amides is 1. The van der Waals surface area contributed by atoms with Gasteiger partial charge in [0.15, 0.2) is 17.5 Å². The summed E-state index contributed by atoms with van der Waals surface area (Å²) in [5, 5.41) is 0. The fourth-order valence-electron chi connectivity index (χ4n) is 2.38. The van der Waals surface area contributed by atoms with Gasteiger partial charge in [0.05, 0.1) is 0 Å². The first kappa shape index (κ1) is 15.8. The van der Waals surface area contributed by atoms with Crippen molar-refractivity contribution in [2.45, 2.75) is 13.0 Å². The van der Waals surface area contributed by atoms with Crippen molar-refractivity contribution in [3.63, 3.8) is 0 Å². The molecule has 2 rings (SSSR count). The molecule has 1 heterocycles. The van der Waals surface area contributed by atoms with E-state index in [0.29, 0.717) is 32.7 Å². The maximum absolute atomic E-state index is 13.2. The maximum atomic E-state index is 13.2. The smallest absolute Gasteiger partial charge is 0.254 e. The topological polar surface area (TPSA) is 49.6 Å². The summed E-state index contributed by atoms with van der Waals surface area (Å²) in [6.07, 6.45) is 0. The summed E-state index contributed by atoms with van der Waals surface area (Å²) in [5.74, 6) is -4.76. The minimum absolute atomic E-state index is 0.174. The van der Waals surface area contributed by atoms with Crippen LogP contribution in [0.5, 0.6) is 0 Å². The largest absolute Gasteiger partial charge is 0.336 e. The highest BCUT2D eigenvalue weighted by molar-refractivity contribution is 5.94. The average Bonchev–Trinajstić information content (AvgIpc) is 2.50. The highest BCUT2D eigenvalue weighted by Gasteiger charge is 2.25. The molecule has 4 nitrogen and oxygen atoms in total. The molecule has 116 valence electrons. The van der Waals surface area contributed by atoms with Crippen LogP contribution in [0.25, 0.3) is 0 Å². The van der Waals surface area contributed by atoms with E-state index in [1.165, 1.54) is 4.90 Å². The van der Waals surface area contributed by atoms with E-state index >= 15 is 0 Å². The number of carbonyl (C=O) groups excluding carboxylic acids is 1. The number of hydrogen-bond acceptors (Lipinski definition) is 3. The van der Waals surface area contributed by atoms with E-state index in [9.17, 15) is 18.0 Å². The molecular weight excluding hydrogens is 283 g/mol. The quantitative estimate of drug-likeness (QED) is 0.854. The molecule has 0 bridgehead atoms. The highest BCUT2D eigenvalue weighted by Crippen LogP contribution is 2.16. The van der Waals surface area contributed by atoms with Crippen molar-refractivity contribution in [3.8, 4) is 0 Å². The van der Waals surface area contributed by atoms with Crippen LogP contribution < -0.4 is 5.73 Å². The van der Waals surface area contributed by atoms with Crippen molar-refractivity contribution in [2.24, 2.45) is 5.73 Å². The molecule has 1 aliphatic heterocycles. The van der Waals surface area contributed by atoms with Crippen LogP contribution in [-0.2, 0) is 0 Å². The van der Waals surface area contributed by atoms with E-state index in [1.807, 2.05) is 6.92 Å². The molecule has 1 amide bonds. The summed E-state index contributed by atoms with van der Waals surface area (Å²) in [4.78, 5) is 15.8. The first-order chi connectivity index (χ1) is 9.93. The Kier molecular flexibility index (Phi) is 4.84. The number of piperazine rings is 1. The Balaban J connectivity index is 2.05. The number of carbonyl (C=O) groups is 1. The van der Waals surface area contributed by atoms with Crippen LogP contribution in [0.3, 0.4) is 0 Å². The second kappa shape index (κ2) is 6.44. The lowest BCUT2D eigenvalue weighted by atomic mass is 10.1. The van der Waals surface area contributed by atoms with Crippen molar-refractivity contribution in [1.82, 2.24) is 9.80 Å². The summed E-state index contributed by atoms with van der Waals surface area (Å²) in [7, 11) is 0. The zero-order chi connectivity index (χ0) is 15.6. The Labute approximate surface area is 121 Å². The Morgan fingerprint density at radius 3 is 2.19 bits per heavy atom. The molecule has 0 saturated carbocycles. The van der Waals surface area contributed by atoms with Crippen LogP contribution in [0.4, 0.5) is 13.2 Å². The summed E-state index contributed by atoms with van der Waals surface area (Å²) >= 11 is 0. The van der Waals surface area contributed by atoms with Gasteiger partial charge < -0.3 is 10.6 Å². The van der Waals surface area contributed by atoms with Crippen molar-refractivity contribution in [2.75, 3.05) is 32.7 Å². The number of hydrogen-bond donors (Lipinski definition) is 1. The van der Waals surface area contributed by atoms with Crippen molar-refractivity contribution < 1.29 is 18.0 Å². The summed E-state index contributed by atoms with van der Waals surface area (Å²) in [6, 6.07) is 1.69. The van der Waals surface area contributed by atoms with Gasteiger partial charge in [0.2, 0.25) is 0 Å². The van der Waals surface area contributed by atoms with Crippen molar-refractivity contribution in [1.29, 1.82) is 0 Å². The molecule has 1 unspecified atom stereocenters. The van der Waals surface area contributed by atoms with Gasteiger partial charge in [0.25, 0.3) is 5.91 Å². The van der Waals surface area contributed by atoms with Gasteiger partial charge in [0, 0.05) is 44.3 Å². The minimum atomic E-state index is -1.56. The van der Waals surface area contributed by atoms with E-state index in [2.05, 4.69) is 4.90 Å². The van der Waals surface area contributed by atoms with Crippen LogP contribution in [-0.4, -0.2) is 54.5 Å². The van der Waals surface area contributed by atoms with Gasteiger partial charge in [-0.25, -0.2) is 13.2 Å². The maximum Gasteiger partial charge on any atom is 0.254 e. The van der Waals surface area contributed by atoms with E-state index in [4.69, 9.17) is 5.73 Å². The van der Waals surface area contributed by atoms with Gasteiger partial charge in [-0.2, -0.15) is 0 Å². The molecule has 21 heavy (non-hydrogen) atoms. The van der Waals surface area contributed by atoms with Gasteiger partial charge in [0.1, 0.15) is 0 Å². The third kappa shape index (κ3) is 3.36. The molecule has 1 aliphatic rings. The molecule has 0 aromatic heterocycles. The number of benzene rings is 1. The lowest BCUT2D eigenvalue weighted by Gasteiger charge is -2.37. The molecule has 1 atom stereocenters. The molecular formula is C14H18F3N3O. The molecule has 1 aromatic rings. The van der Waals surface area contributed by atoms with Crippen molar-refractivity contribution >= 4 is 5.91 Å². The Bertz CT molecular complexity index is 507. The number of nitrogens with two attached hydrogens (primary N) is 1. The molecule has 1 fully saturated rings. The van der Waals surface area contributed by atoms with Crippen LogP contribution in [0.15, 0.2) is 12.1 Å². The second-order valence-corrected chi connectivity index (χ2v) is 5.17. The lowest BCUT2D eigenvalue weighted by molar-refractivity contribution is 0.0588. The molecule has 0 spiro atoms. The van der Waals surface area contributed by atoms with E-state index in [0.717, 1.165) is 12.1 Å². The molecule has 1 aromatic carbocycles. The molecule has 7 heteroatoms. The fraction of sp³-hybridized carbons (Fsp3) is 0.500. The van der Waals surface area contributed by atoms with Crippen LogP contribution in [0.1, 0.15) is 17.3 Å². The molecule has 1 saturated heterocycles. The van der Waals surface area contributed by atoms with E-state index < -0.39 is 23.4 Å². The number of halogens is 3. The zero-order valence-corrected chi connectivity index (χ0v) is 11.8. The Morgan fingerprint density at radius 1 is 1.19 bits per heavy atom. The van der Waals surface area contributed by atoms with Gasteiger partial charge >= 0.3 is 0 Å². The number of nitrogens with zero attached hydrogens (tertiary/aromatic N) is 2. The first-order valence-corrected chi connectivity index (χ1v) is 6.82. The summed E-state index contributed by atoms with van der Waals surface area (Å²) in [6.45, 7) is 4.73. The molecule has 2 N–H and O–H groups in total. The summed E-state index contributed by atoms with van der Waals surface area (Å²) < 4.78 is 39.2. The predicted octanol–water partition coefficient (Wildman–Crippen LogP) is 1.21. The van der Waals surface area contributed by atoms with Crippen LogP contribution >= 0.6 is 0 Å². The predicted molar refractivity (Wildman–Crippen MR) is 72.3 cm³/mol. The molecule has 0 radical (unpaired) electrons. The summed E-state index contributed by atoms with van der Waals surface area (Å²) in [5.41, 5.74) is 5.42. The monoisotopic (exact) mass is 301 g/mol. The van der Waals surface area contributed by atoms with Crippen LogP contribution in [0.2, 0.25) is 0 Å². The van der Waals surface area contributed by atoms with Crippen LogP contribution in [0, 0.1) is 17.5 Å². The van der Waals surface area contributed by atoms with Gasteiger partial charge in [-0.3, -0.25) is 9.69 Å². The van der Waals surface area contributed by atoms with Gasteiger partial charge in [-0.05, 0) is 19.1 Å². The first-order valence-electron chi connectivity index (χ1n) is 6.82. The average molecular weight is 301 g/mol. The second-order valence-electron chi connectivity index (χ2n) is 5.17. The SMILES string of the molecule is CC(CN)N1CCN(C(=O)c2cc(F)c(F)c(F)c2)CC1. The normalized spacial score (nSPS) is 17.9. The number of rotatable bonds is 3. The Hall–Kier alpha value is -1.60. The highest BCUT2D eigenvalue weighted by atomic mass is 19.2. The van der Waals surface area contributed by atoms with Crippen molar-refractivity contribution in [3.05, 3.63) is 35.1 Å². The van der Waals surface area contributed by atoms with E-state index in [1.54, 1.807) is 0 Å². The standard InChI is InChI=1S/C14H18F3N3O/c1-9(8-18)19-2-4-20(5-3-19)14(21)10-6-11(15)13(17)12(16)7-10/h6-7,9H,2-5,8,18H2,1H3. The molecule has 0 aliphatic carbocycles. The van der Waals surface area contributed by atoms with Gasteiger partial charge in [-0.15, -0.1) is 0 Å². The van der Waals surface area contributed by atoms with Gasteiger partial charge in [-0.1, -0.05) is 0 Å². The fourth-order valence-corrected chi connectivity index (χ4v) is 2.38. The van der Waals surface area contributed by atoms with E-state index in [-0.39, 0.29) is 11.6 Å². The lowest BCUT2D eigenvalue weighted by Crippen LogP contribution is -2.52. The third-order valence-corrected chi connectivity index (χ3v) is 3.80. The minimum Gasteiger partial charge on any atom is -0.336 e. The third-order valence-electron chi connectivity index (χ3n) is 3.80. The zero-order valence-electron chi connectivity index (χ0n) is 11.8. The Morgan fingerprint density at radius 2 is 1.71 bits per heavy atom.